The molecule has 0 aliphatic rings. The lowest BCUT2D eigenvalue weighted by Crippen LogP contribution is -2.54. The molecular weight excluding hydrogens is 618 g/mol. The highest BCUT2D eigenvalue weighted by atomic mass is 35.5. The number of nitrogens with zero attached hydrogens (tertiary/aromatic N) is 2. The molecule has 0 radical (unpaired) electrons. The molecule has 4 aromatic carbocycles. The molecule has 2 amide bonds. The van der Waals surface area contributed by atoms with Crippen molar-refractivity contribution in [1.82, 2.24) is 10.2 Å². The van der Waals surface area contributed by atoms with Crippen LogP contribution in [0.4, 0.5) is 5.69 Å². The highest BCUT2D eigenvalue weighted by molar-refractivity contribution is 7.92. The minimum absolute atomic E-state index is 0.0565. The van der Waals surface area contributed by atoms with Crippen LogP contribution in [0.2, 0.25) is 5.02 Å². The molecule has 0 bridgehead atoms. The smallest absolute Gasteiger partial charge is 0.264 e. The van der Waals surface area contributed by atoms with Gasteiger partial charge in [0, 0.05) is 24.0 Å². The first-order valence-corrected chi connectivity index (χ1v) is 17.3. The van der Waals surface area contributed by atoms with E-state index in [2.05, 4.69) is 5.32 Å². The normalized spacial score (nSPS) is 12.7. The molecule has 0 aliphatic carbocycles. The molecular formula is C37H42ClN3O4S. The van der Waals surface area contributed by atoms with Crippen LogP contribution in [0.5, 0.6) is 0 Å². The Labute approximate surface area is 278 Å². The molecule has 0 unspecified atom stereocenters. The minimum atomic E-state index is -4.20. The van der Waals surface area contributed by atoms with E-state index in [0.717, 1.165) is 26.6 Å². The second-order valence-corrected chi connectivity index (χ2v) is 14.0. The SMILES string of the molecule is CC[C@@H](C)NC(=O)[C@@H](Cc1ccccc1)N(Cc1ccccc1C)C(=O)CN(c1ccc(Cl)cc1C)S(=O)(=O)c1ccc(C)cc1. The molecule has 0 saturated carbocycles. The zero-order valence-corrected chi connectivity index (χ0v) is 28.6. The summed E-state index contributed by atoms with van der Waals surface area (Å²) < 4.78 is 29.7. The van der Waals surface area contributed by atoms with Crippen LogP contribution in [0.25, 0.3) is 0 Å². The van der Waals surface area contributed by atoms with Gasteiger partial charge in [-0.2, -0.15) is 0 Å². The third-order valence-corrected chi connectivity index (χ3v) is 10.2. The van der Waals surface area contributed by atoms with E-state index in [4.69, 9.17) is 11.6 Å². The highest BCUT2D eigenvalue weighted by Gasteiger charge is 2.35. The van der Waals surface area contributed by atoms with Crippen molar-refractivity contribution in [2.24, 2.45) is 0 Å². The van der Waals surface area contributed by atoms with Crippen molar-refractivity contribution in [2.75, 3.05) is 10.8 Å². The molecule has 4 rings (SSSR count). The molecule has 0 aliphatic heterocycles. The fourth-order valence-corrected chi connectivity index (χ4v) is 6.92. The molecule has 4 aromatic rings. The lowest BCUT2D eigenvalue weighted by Gasteiger charge is -2.35. The van der Waals surface area contributed by atoms with Crippen molar-refractivity contribution in [1.29, 1.82) is 0 Å². The van der Waals surface area contributed by atoms with E-state index in [9.17, 15) is 18.0 Å². The second kappa shape index (κ2) is 15.4. The number of hydrogen-bond acceptors (Lipinski definition) is 4. The average molecular weight is 660 g/mol. The van der Waals surface area contributed by atoms with Gasteiger partial charge in [0.25, 0.3) is 10.0 Å². The lowest BCUT2D eigenvalue weighted by molar-refractivity contribution is -0.140. The van der Waals surface area contributed by atoms with Crippen molar-refractivity contribution in [3.05, 3.63) is 130 Å². The van der Waals surface area contributed by atoms with Crippen LogP contribution < -0.4 is 9.62 Å². The molecule has 0 spiro atoms. The Balaban J connectivity index is 1.84. The van der Waals surface area contributed by atoms with Gasteiger partial charge in [0.1, 0.15) is 12.6 Å². The average Bonchev–Trinajstić information content (AvgIpc) is 3.03. The Hall–Kier alpha value is -4.14. The van der Waals surface area contributed by atoms with Gasteiger partial charge in [0.05, 0.1) is 10.6 Å². The van der Waals surface area contributed by atoms with E-state index in [1.54, 1.807) is 37.3 Å². The quantitative estimate of drug-likeness (QED) is 0.167. The maximum atomic E-state index is 14.7. The van der Waals surface area contributed by atoms with Gasteiger partial charge in [0.15, 0.2) is 0 Å². The van der Waals surface area contributed by atoms with Gasteiger partial charge in [-0.1, -0.05) is 90.8 Å². The van der Waals surface area contributed by atoms with Gasteiger partial charge in [-0.3, -0.25) is 13.9 Å². The Morgan fingerprint density at radius 3 is 2.13 bits per heavy atom. The van der Waals surface area contributed by atoms with Gasteiger partial charge in [-0.15, -0.1) is 0 Å². The van der Waals surface area contributed by atoms with Crippen molar-refractivity contribution < 1.29 is 18.0 Å². The first-order valence-electron chi connectivity index (χ1n) is 15.4. The summed E-state index contributed by atoms with van der Waals surface area (Å²) in [6, 6.07) is 27.6. The van der Waals surface area contributed by atoms with Crippen LogP contribution in [-0.2, 0) is 32.6 Å². The molecule has 2 atom stereocenters. The molecule has 7 nitrogen and oxygen atoms in total. The monoisotopic (exact) mass is 659 g/mol. The number of nitrogens with one attached hydrogen (secondary N) is 1. The Bertz CT molecular complexity index is 1760. The number of carbonyl (C=O) groups is 2. The number of hydrogen-bond donors (Lipinski definition) is 1. The minimum Gasteiger partial charge on any atom is -0.352 e. The summed E-state index contributed by atoms with van der Waals surface area (Å²) in [7, 11) is -4.20. The van der Waals surface area contributed by atoms with E-state index in [-0.39, 0.29) is 29.8 Å². The van der Waals surface area contributed by atoms with Crippen molar-refractivity contribution >= 4 is 39.1 Å². The van der Waals surface area contributed by atoms with E-state index >= 15 is 0 Å². The summed E-state index contributed by atoms with van der Waals surface area (Å²) in [6.45, 7) is 9.09. The van der Waals surface area contributed by atoms with Crippen molar-refractivity contribution in [2.45, 2.75) is 71.0 Å². The number of halogens is 1. The maximum absolute atomic E-state index is 14.7. The first-order chi connectivity index (χ1) is 21.9. The number of amides is 2. The largest absolute Gasteiger partial charge is 0.352 e. The second-order valence-electron chi connectivity index (χ2n) is 11.7. The third kappa shape index (κ3) is 8.56. The van der Waals surface area contributed by atoms with Gasteiger partial charge in [0.2, 0.25) is 11.8 Å². The third-order valence-electron chi connectivity index (χ3n) is 8.19. The Morgan fingerprint density at radius 1 is 0.848 bits per heavy atom. The molecule has 242 valence electrons. The van der Waals surface area contributed by atoms with E-state index in [1.807, 2.05) is 82.3 Å². The summed E-state index contributed by atoms with van der Waals surface area (Å²) in [5.74, 6) is -0.802. The molecule has 0 aromatic heterocycles. The number of sulfonamides is 1. The summed E-state index contributed by atoms with van der Waals surface area (Å²) in [6.07, 6.45) is 0.972. The molecule has 9 heteroatoms. The summed E-state index contributed by atoms with van der Waals surface area (Å²) in [5, 5.41) is 3.52. The van der Waals surface area contributed by atoms with E-state index in [1.165, 1.54) is 17.0 Å². The molecule has 46 heavy (non-hydrogen) atoms. The Kier molecular flexibility index (Phi) is 11.7. The van der Waals surface area contributed by atoms with Crippen LogP contribution >= 0.6 is 11.6 Å². The number of aryl methyl sites for hydroxylation is 3. The first kappa shape index (κ1) is 34.7. The summed E-state index contributed by atoms with van der Waals surface area (Å²) >= 11 is 6.25. The molecule has 0 heterocycles. The zero-order chi connectivity index (χ0) is 33.4. The lowest BCUT2D eigenvalue weighted by atomic mass is 10.0. The summed E-state index contributed by atoms with van der Waals surface area (Å²) in [4.78, 5) is 30.2. The standard InChI is InChI=1S/C37H42ClN3O4S/c1-6-29(5)39-37(43)35(23-30-13-8-7-9-14-30)40(24-31-15-11-10-12-27(31)3)36(42)25-41(34-21-18-32(38)22-28(34)4)46(44,45)33-19-16-26(2)17-20-33/h7-22,29,35H,6,23-25H2,1-5H3,(H,39,43)/t29-,35-/m1/s1. The van der Waals surface area contributed by atoms with Gasteiger partial charge >= 0.3 is 0 Å². The number of anilines is 1. The van der Waals surface area contributed by atoms with Gasteiger partial charge in [-0.05, 0) is 86.7 Å². The van der Waals surface area contributed by atoms with Crippen LogP contribution in [0.3, 0.4) is 0 Å². The van der Waals surface area contributed by atoms with Gasteiger partial charge in [-0.25, -0.2) is 8.42 Å². The fourth-order valence-electron chi connectivity index (χ4n) is 5.22. The predicted molar refractivity (Wildman–Crippen MR) is 185 cm³/mol. The van der Waals surface area contributed by atoms with Crippen LogP contribution in [-0.4, -0.2) is 43.8 Å². The molecule has 0 fully saturated rings. The zero-order valence-electron chi connectivity index (χ0n) is 27.0. The van der Waals surface area contributed by atoms with Crippen LogP contribution in [0.15, 0.2) is 102 Å². The predicted octanol–water partition coefficient (Wildman–Crippen LogP) is 7.02. The van der Waals surface area contributed by atoms with Crippen molar-refractivity contribution in [3.63, 3.8) is 0 Å². The van der Waals surface area contributed by atoms with Crippen LogP contribution in [0.1, 0.15) is 48.1 Å². The number of carbonyl (C=O) groups excluding carboxylic acids is 2. The topological polar surface area (TPSA) is 86.8 Å². The van der Waals surface area contributed by atoms with Crippen molar-refractivity contribution in [3.8, 4) is 0 Å². The number of benzene rings is 4. The number of rotatable bonds is 13. The van der Waals surface area contributed by atoms with Crippen LogP contribution in [0, 0.1) is 20.8 Å². The maximum Gasteiger partial charge on any atom is 0.264 e. The van der Waals surface area contributed by atoms with Gasteiger partial charge < -0.3 is 10.2 Å². The highest BCUT2D eigenvalue weighted by Crippen LogP contribution is 2.30. The van der Waals surface area contributed by atoms with E-state index in [0.29, 0.717) is 22.7 Å². The molecule has 0 saturated heterocycles. The summed E-state index contributed by atoms with van der Waals surface area (Å²) in [5.41, 5.74) is 4.53. The van der Waals surface area contributed by atoms with E-state index < -0.39 is 28.5 Å². The fraction of sp³-hybridized carbons (Fsp3) is 0.297. The molecule has 1 N–H and O–H groups in total. The Morgan fingerprint density at radius 2 is 1.50 bits per heavy atom.